The molecule has 2 N–H and O–H groups in total. The van der Waals surface area contributed by atoms with Crippen LogP contribution in [0.15, 0.2) is 108 Å². The quantitative estimate of drug-likeness (QED) is 0.238. The molecule has 0 saturated carbocycles. The lowest BCUT2D eigenvalue weighted by Gasteiger charge is -2.07. The Morgan fingerprint density at radius 2 is 1.27 bits per heavy atom. The fraction of sp³-hybridized carbons (Fsp3) is 0.200. The van der Waals surface area contributed by atoms with Gasteiger partial charge in [-0.15, -0.1) is 0 Å². The van der Waals surface area contributed by atoms with Gasteiger partial charge >= 0.3 is 0 Å². The lowest BCUT2D eigenvalue weighted by Crippen LogP contribution is -2.00. The summed E-state index contributed by atoms with van der Waals surface area (Å²) in [4.78, 5) is 0. The van der Waals surface area contributed by atoms with Gasteiger partial charge in [0.05, 0.1) is 11.1 Å². The minimum absolute atomic E-state index is 0.909. The van der Waals surface area contributed by atoms with E-state index >= 15 is 0 Å². The van der Waals surface area contributed by atoms with E-state index in [1.165, 1.54) is 31.4 Å². The Kier molecular flexibility index (Phi) is 8.02. The number of furan rings is 1. The first kappa shape index (κ1) is 22.5. The minimum Gasteiger partial charge on any atom is -0.456 e. The van der Waals surface area contributed by atoms with E-state index in [-0.39, 0.29) is 0 Å². The highest BCUT2D eigenvalue weighted by molar-refractivity contribution is 6.11. The first-order valence-corrected chi connectivity index (χ1v) is 11.9. The van der Waals surface area contributed by atoms with Crippen LogP contribution in [-0.2, 0) is 0 Å². The number of rotatable bonds is 8. The third-order valence-corrected chi connectivity index (χ3v) is 5.59. The zero-order chi connectivity index (χ0) is 22.7. The highest BCUT2D eigenvalue weighted by atomic mass is 16.3. The average Bonchev–Trinajstić information content (AvgIpc) is 3.25. The molecule has 0 aliphatic carbocycles. The fourth-order valence-electron chi connectivity index (χ4n) is 3.90. The summed E-state index contributed by atoms with van der Waals surface area (Å²) in [6.45, 7) is 3.34. The Balaban J connectivity index is 0.000000174. The molecule has 0 saturated heterocycles. The Labute approximate surface area is 196 Å². The molecule has 0 unspecified atom stereocenters. The first-order valence-electron chi connectivity index (χ1n) is 11.9. The number of unbranched alkanes of at least 4 members (excludes halogenated alkanes) is 3. The Hall–Kier alpha value is -3.72. The second-order valence-electron chi connectivity index (χ2n) is 8.12. The second-order valence-corrected chi connectivity index (χ2v) is 8.12. The van der Waals surface area contributed by atoms with E-state index in [0.29, 0.717) is 0 Å². The molecule has 0 bridgehead atoms. The van der Waals surface area contributed by atoms with Crippen LogP contribution >= 0.6 is 0 Å². The van der Waals surface area contributed by atoms with E-state index in [9.17, 15) is 0 Å². The smallest absolute Gasteiger partial charge is 0.137 e. The molecule has 5 rings (SSSR count). The molecule has 0 spiro atoms. The van der Waals surface area contributed by atoms with Crippen molar-refractivity contribution in [2.24, 2.45) is 0 Å². The molecule has 33 heavy (non-hydrogen) atoms. The molecule has 0 amide bonds. The Morgan fingerprint density at radius 1 is 0.606 bits per heavy atom. The van der Waals surface area contributed by atoms with E-state index in [4.69, 9.17) is 4.42 Å². The number of nitrogens with one attached hydrogen (secondary N) is 2. The molecule has 4 aromatic carbocycles. The van der Waals surface area contributed by atoms with Gasteiger partial charge in [-0.1, -0.05) is 86.8 Å². The Morgan fingerprint density at radius 3 is 2.03 bits per heavy atom. The van der Waals surface area contributed by atoms with Crippen molar-refractivity contribution in [3.8, 4) is 0 Å². The van der Waals surface area contributed by atoms with Gasteiger partial charge in [0, 0.05) is 23.3 Å². The monoisotopic (exact) mass is 436 g/mol. The Bertz CT molecular complexity index is 1250. The molecule has 5 aromatic rings. The van der Waals surface area contributed by atoms with E-state index in [2.05, 4.69) is 66.1 Å². The first-order chi connectivity index (χ1) is 16.3. The second kappa shape index (κ2) is 11.8. The average molecular weight is 437 g/mol. The molecule has 3 heteroatoms. The van der Waals surface area contributed by atoms with Crippen LogP contribution in [-0.4, -0.2) is 6.54 Å². The third-order valence-electron chi connectivity index (χ3n) is 5.59. The van der Waals surface area contributed by atoms with E-state index in [1.54, 1.807) is 0 Å². The van der Waals surface area contributed by atoms with Crippen LogP contribution in [0.3, 0.4) is 0 Å². The molecule has 1 aromatic heterocycles. The summed E-state index contributed by atoms with van der Waals surface area (Å²) in [5.74, 6) is 0. The SMILES string of the molecule is CCCCCCNc1ccccc1.c1ccc(Nc2cccc3oc4ccccc4c23)cc1. The van der Waals surface area contributed by atoms with Crippen molar-refractivity contribution in [2.45, 2.75) is 32.6 Å². The fourth-order valence-corrected chi connectivity index (χ4v) is 3.90. The minimum atomic E-state index is 0.909. The van der Waals surface area contributed by atoms with Gasteiger partial charge in [-0.3, -0.25) is 0 Å². The van der Waals surface area contributed by atoms with Crippen LogP contribution in [0.2, 0.25) is 0 Å². The van der Waals surface area contributed by atoms with Gasteiger partial charge in [0.15, 0.2) is 0 Å². The zero-order valence-electron chi connectivity index (χ0n) is 19.3. The lowest BCUT2D eigenvalue weighted by molar-refractivity contribution is 0.669. The van der Waals surface area contributed by atoms with Gasteiger partial charge in [-0.2, -0.15) is 0 Å². The van der Waals surface area contributed by atoms with Gasteiger partial charge < -0.3 is 15.1 Å². The zero-order valence-corrected chi connectivity index (χ0v) is 19.3. The highest BCUT2D eigenvalue weighted by Gasteiger charge is 2.10. The summed E-state index contributed by atoms with van der Waals surface area (Å²) in [5.41, 5.74) is 5.21. The standard InChI is InChI=1S/C18H13NO.C12H19N/c1-2-7-13(8-3-1)19-15-10-6-12-17-18(15)14-9-4-5-11-16(14)20-17;1-2-3-4-8-11-13-12-9-6-5-7-10-12/h1-12,19H;5-7,9-10,13H,2-4,8,11H2,1H3. The molecular weight excluding hydrogens is 404 g/mol. The number of hydrogen-bond donors (Lipinski definition) is 2. The maximum absolute atomic E-state index is 5.89. The normalized spacial score (nSPS) is 10.6. The molecule has 0 fully saturated rings. The van der Waals surface area contributed by atoms with Crippen molar-refractivity contribution in [3.63, 3.8) is 0 Å². The van der Waals surface area contributed by atoms with Crippen LogP contribution in [0.4, 0.5) is 17.1 Å². The third kappa shape index (κ3) is 6.17. The van der Waals surface area contributed by atoms with Gasteiger partial charge in [0.2, 0.25) is 0 Å². The van der Waals surface area contributed by atoms with Crippen molar-refractivity contribution in [2.75, 3.05) is 17.2 Å². The van der Waals surface area contributed by atoms with Crippen LogP contribution in [0, 0.1) is 0 Å². The highest BCUT2D eigenvalue weighted by Crippen LogP contribution is 2.35. The van der Waals surface area contributed by atoms with Gasteiger partial charge in [-0.25, -0.2) is 0 Å². The topological polar surface area (TPSA) is 37.2 Å². The maximum Gasteiger partial charge on any atom is 0.137 e. The van der Waals surface area contributed by atoms with Gasteiger partial charge in [-0.05, 0) is 48.9 Å². The number of anilines is 3. The summed E-state index contributed by atoms with van der Waals surface area (Å²) >= 11 is 0. The van der Waals surface area contributed by atoms with E-state index in [1.807, 2.05) is 54.6 Å². The van der Waals surface area contributed by atoms with Crippen molar-refractivity contribution in [1.29, 1.82) is 0 Å². The van der Waals surface area contributed by atoms with Crippen LogP contribution < -0.4 is 10.6 Å². The summed E-state index contributed by atoms with van der Waals surface area (Å²) in [6, 6.07) is 34.8. The van der Waals surface area contributed by atoms with Crippen LogP contribution in [0.5, 0.6) is 0 Å². The van der Waals surface area contributed by atoms with Crippen molar-refractivity contribution >= 4 is 39.0 Å². The van der Waals surface area contributed by atoms with Crippen molar-refractivity contribution < 1.29 is 4.42 Å². The van der Waals surface area contributed by atoms with Crippen molar-refractivity contribution in [3.05, 3.63) is 103 Å². The largest absolute Gasteiger partial charge is 0.456 e. The predicted octanol–water partition coefficient (Wildman–Crippen LogP) is 9.01. The predicted molar refractivity (Wildman–Crippen MR) is 143 cm³/mol. The van der Waals surface area contributed by atoms with Crippen LogP contribution in [0.1, 0.15) is 32.6 Å². The molecule has 1 heterocycles. The lowest BCUT2D eigenvalue weighted by atomic mass is 10.1. The molecule has 0 radical (unpaired) electrons. The molecular formula is C30H32N2O. The molecule has 0 aliphatic rings. The number of fused-ring (bicyclic) bond motifs is 3. The van der Waals surface area contributed by atoms with E-state index in [0.717, 1.165) is 39.9 Å². The maximum atomic E-state index is 5.89. The number of benzene rings is 4. The summed E-state index contributed by atoms with van der Waals surface area (Å²) in [7, 11) is 0. The van der Waals surface area contributed by atoms with Gasteiger partial charge in [0.25, 0.3) is 0 Å². The molecule has 0 atom stereocenters. The molecule has 0 aliphatic heterocycles. The summed E-state index contributed by atoms with van der Waals surface area (Å²) < 4.78 is 5.89. The van der Waals surface area contributed by atoms with Gasteiger partial charge in [0.1, 0.15) is 11.2 Å². The van der Waals surface area contributed by atoms with Crippen LogP contribution in [0.25, 0.3) is 21.9 Å². The molecule has 168 valence electrons. The van der Waals surface area contributed by atoms with Crippen molar-refractivity contribution in [1.82, 2.24) is 0 Å². The molecule has 3 nitrogen and oxygen atoms in total. The van der Waals surface area contributed by atoms with E-state index < -0.39 is 0 Å². The number of para-hydroxylation sites is 3. The summed E-state index contributed by atoms with van der Waals surface area (Å²) in [5, 5.41) is 9.14. The summed E-state index contributed by atoms with van der Waals surface area (Å²) in [6.07, 6.45) is 5.29. The number of hydrogen-bond acceptors (Lipinski definition) is 3.